The second kappa shape index (κ2) is 5.80. The van der Waals surface area contributed by atoms with Gasteiger partial charge >= 0.3 is 0 Å². The van der Waals surface area contributed by atoms with Gasteiger partial charge in [0.1, 0.15) is 17.4 Å². The summed E-state index contributed by atoms with van der Waals surface area (Å²) in [6.45, 7) is 3.90. The fourth-order valence-corrected chi connectivity index (χ4v) is 2.35. The summed E-state index contributed by atoms with van der Waals surface area (Å²) in [6, 6.07) is 7.78. The minimum atomic E-state index is -0.875. The number of hydrogen-bond donors (Lipinski definition) is 0. The van der Waals surface area contributed by atoms with E-state index in [0.29, 0.717) is 5.56 Å². The standard InChI is InChI=1S/C16H15ClF2O/c1-9-4-5-11(6-10(9)2)16(17)15-13(18)7-12(20-3)8-14(15)19/h4-8,16H,1-3H3. The van der Waals surface area contributed by atoms with Gasteiger partial charge in [-0.3, -0.25) is 0 Å². The monoisotopic (exact) mass is 296 g/mol. The van der Waals surface area contributed by atoms with Gasteiger partial charge in [0.25, 0.3) is 0 Å². The van der Waals surface area contributed by atoms with Gasteiger partial charge in [-0.25, -0.2) is 8.78 Å². The van der Waals surface area contributed by atoms with Crippen LogP contribution in [0.5, 0.6) is 5.75 Å². The molecule has 0 fully saturated rings. The Balaban J connectivity index is 2.47. The maximum atomic E-state index is 14.0. The highest BCUT2D eigenvalue weighted by molar-refractivity contribution is 6.22. The Hall–Kier alpha value is -1.61. The summed E-state index contributed by atoms with van der Waals surface area (Å²) in [5.74, 6) is -1.28. The van der Waals surface area contributed by atoms with Crippen molar-refractivity contribution in [3.05, 3.63) is 64.2 Å². The highest BCUT2D eigenvalue weighted by atomic mass is 35.5. The Morgan fingerprint density at radius 3 is 2.10 bits per heavy atom. The van der Waals surface area contributed by atoms with Crippen molar-refractivity contribution in [3.63, 3.8) is 0 Å². The average molecular weight is 297 g/mol. The van der Waals surface area contributed by atoms with Crippen LogP contribution < -0.4 is 4.74 Å². The van der Waals surface area contributed by atoms with Crippen LogP contribution in [-0.2, 0) is 0 Å². The third-order valence-electron chi connectivity index (χ3n) is 3.37. The molecule has 1 unspecified atom stereocenters. The molecule has 0 bridgehead atoms. The second-order valence-corrected chi connectivity index (χ2v) is 5.15. The van der Waals surface area contributed by atoms with E-state index in [4.69, 9.17) is 16.3 Å². The number of benzene rings is 2. The van der Waals surface area contributed by atoms with E-state index < -0.39 is 17.0 Å². The maximum absolute atomic E-state index is 14.0. The zero-order valence-corrected chi connectivity index (χ0v) is 12.3. The van der Waals surface area contributed by atoms with E-state index in [1.807, 2.05) is 26.0 Å². The zero-order chi connectivity index (χ0) is 14.9. The topological polar surface area (TPSA) is 9.23 Å². The maximum Gasteiger partial charge on any atom is 0.134 e. The summed E-state index contributed by atoms with van der Waals surface area (Å²) in [4.78, 5) is 0. The van der Waals surface area contributed by atoms with E-state index >= 15 is 0 Å². The van der Waals surface area contributed by atoms with Crippen LogP contribution in [0, 0.1) is 25.5 Å². The molecule has 0 aliphatic rings. The molecule has 0 aliphatic heterocycles. The van der Waals surface area contributed by atoms with Crippen molar-refractivity contribution >= 4 is 11.6 Å². The first-order valence-corrected chi connectivity index (χ1v) is 6.62. The molecule has 0 saturated heterocycles. The summed E-state index contributed by atoms with van der Waals surface area (Å²) >= 11 is 6.24. The minimum absolute atomic E-state index is 0.132. The summed E-state index contributed by atoms with van der Waals surface area (Å²) in [5.41, 5.74) is 2.64. The molecule has 4 heteroatoms. The van der Waals surface area contributed by atoms with Crippen LogP contribution in [-0.4, -0.2) is 7.11 Å². The smallest absolute Gasteiger partial charge is 0.134 e. The second-order valence-electron chi connectivity index (χ2n) is 4.71. The van der Waals surface area contributed by atoms with Crippen LogP contribution in [0.25, 0.3) is 0 Å². The van der Waals surface area contributed by atoms with Gasteiger partial charge in [-0.1, -0.05) is 18.2 Å². The van der Waals surface area contributed by atoms with Gasteiger partial charge in [0, 0.05) is 17.7 Å². The Morgan fingerprint density at radius 1 is 1.00 bits per heavy atom. The van der Waals surface area contributed by atoms with Crippen LogP contribution in [0.15, 0.2) is 30.3 Å². The number of hydrogen-bond acceptors (Lipinski definition) is 1. The van der Waals surface area contributed by atoms with Crippen molar-refractivity contribution in [2.75, 3.05) is 7.11 Å². The van der Waals surface area contributed by atoms with E-state index in [2.05, 4.69) is 0 Å². The van der Waals surface area contributed by atoms with Gasteiger partial charge in [0.15, 0.2) is 0 Å². The fourth-order valence-electron chi connectivity index (χ4n) is 2.01. The number of ether oxygens (including phenoxy) is 1. The summed E-state index contributed by atoms with van der Waals surface area (Å²) in [7, 11) is 1.36. The molecule has 2 aromatic rings. The van der Waals surface area contributed by atoms with Crippen LogP contribution in [0.1, 0.15) is 27.6 Å². The summed E-state index contributed by atoms with van der Waals surface area (Å²) < 4.78 is 32.8. The van der Waals surface area contributed by atoms with Crippen molar-refractivity contribution < 1.29 is 13.5 Å². The predicted octanol–water partition coefficient (Wildman–Crippen LogP) is 4.92. The first kappa shape index (κ1) is 14.8. The molecule has 0 saturated carbocycles. The van der Waals surface area contributed by atoms with E-state index in [-0.39, 0.29) is 11.3 Å². The molecule has 2 rings (SSSR count). The molecule has 20 heavy (non-hydrogen) atoms. The SMILES string of the molecule is COc1cc(F)c(C(Cl)c2ccc(C)c(C)c2)c(F)c1. The highest BCUT2D eigenvalue weighted by Gasteiger charge is 2.21. The fraction of sp³-hybridized carbons (Fsp3) is 0.250. The number of aryl methyl sites for hydroxylation is 2. The molecule has 0 radical (unpaired) electrons. The van der Waals surface area contributed by atoms with Crippen molar-refractivity contribution in [2.24, 2.45) is 0 Å². The Kier molecular flexibility index (Phi) is 4.29. The van der Waals surface area contributed by atoms with Gasteiger partial charge in [-0.05, 0) is 30.5 Å². The van der Waals surface area contributed by atoms with Crippen molar-refractivity contribution in [3.8, 4) is 5.75 Å². The van der Waals surface area contributed by atoms with Gasteiger partial charge in [-0.2, -0.15) is 0 Å². The Morgan fingerprint density at radius 2 is 1.60 bits per heavy atom. The molecule has 0 aliphatic carbocycles. The largest absolute Gasteiger partial charge is 0.497 e. The molecule has 0 aromatic heterocycles. The molecule has 1 atom stereocenters. The molecule has 0 N–H and O–H groups in total. The highest BCUT2D eigenvalue weighted by Crippen LogP contribution is 2.35. The third kappa shape index (κ3) is 2.78. The van der Waals surface area contributed by atoms with Gasteiger partial charge in [-0.15, -0.1) is 11.6 Å². The van der Waals surface area contributed by atoms with E-state index in [9.17, 15) is 8.78 Å². The lowest BCUT2D eigenvalue weighted by Gasteiger charge is -2.15. The minimum Gasteiger partial charge on any atom is -0.497 e. The molecular formula is C16H15ClF2O. The van der Waals surface area contributed by atoms with E-state index in [1.54, 1.807) is 6.07 Å². The lowest BCUT2D eigenvalue weighted by atomic mass is 9.99. The average Bonchev–Trinajstić information content (AvgIpc) is 2.40. The van der Waals surface area contributed by atoms with Crippen LogP contribution in [0.4, 0.5) is 8.78 Å². The van der Waals surface area contributed by atoms with Crippen molar-refractivity contribution in [1.82, 2.24) is 0 Å². The van der Waals surface area contributed by atoms with Gasteiger partial charge in [0.2, 0.25) is 0 Å². The first-order chi connectivity index (χ1) is 9.43. The first-order valence-electron chi connectivity index (χ1n) is 6.18. The predicted molar refractivity (Wildman–Crippen MR) is 76.5 cm³/mol. The molecule has 0 spiro atoms. The number of methoxy groups -OCH3 is 1. The summed E-state index contributed by atoms with van der Waals surface area (Å²) in [5, 5.41) is -0.875. The zero-order valence-electron chi connectivity index (χ0n) is 11.5. The number of alkyl halides is 1. The van der Waals surface area contributed by atoms with Gasteiger partial charge < -0.3 is 4.74 Å². The Labute approximate surface area is 122 Å². The van der Waals surface area contributed by atoms with Crippen molar-refractivity contribution in [1.29, 1.82) is 0 Å². The molecule has 106 valence electrons. The van der Waals surface area contributed by atoms with Crippen LogP contribution in [0.2, 0.25) is 0 Å². The molecule has 0 heterocycles. The lowest BCUT2D eigenvalue weighted by Crippen LogP contribution is -2.02. The number of halogens is 3. The van der Waals surface area contributed by atoms with Gasteiger partial charge in [0.05, 0.1) is 12.5 Å². The number of rotatable bonds is 3. The normalized spacial score (nSPS) is 12.3. The molecule has 0 amide bonds. The van der Waals surface area contributed by atoms with E-state index in [1.165, 1.54) is 7.11 Å². The Bertz CT molecular complexity index is 617. The van der Waals surface area contributed by atoms with Crippen LogP contribution >= 0.6 is 11.6 Å². The summed E-state index contributed by atoms with van der Waals surface area (Å²) in [6.07, 6.45) is 0. The van der Waals surface area contributed by atoms with Crippen molar-refractivity contribution in [2.45, 2.75) is 19.2 Å². The molecule has 2 aromatic carbocycles. The quantitative estimate of drug-likeness (QED) is 0.731. The lowest BCUT2D eigenvalue weighted by molar-refractivity contribution is 0.405. The third-order valence-corrected chi connectivity index (χ3v) is 3.84. The van der Waals surface area contributed by atoms with Crippen LogP contribution in [0.3, 0.4) is 0 Å². The molecule has 1 nitrogen and oxygen atoms in total. The molecular weight excluding hydrogens is 282 g/mol. The van der Waals surface area contributed by atoms with E-state index in [0.717, 1.165) is 23.3 Å².